The summed E-state index contributed by atoms with van der Waals surface area (Å²) >= 11 is 0. The molecule has 8 heteroatoms. The van der Waals surface area contributed by atoms with Crippen molar-refractivity contribution in [2.75, 3.05) is 32.6 Å². The van der Waals surface area contributed by atoms with Crippen LogP contribution in [0, 0.1) is 5.92 Å². The lowest BCUT2D eigenvalue weighted by Gasteiger charge is -2.29. The zero-order valence-corrected chi connectivity index (χ0v) is 18.8. The van der Waals surface area contributed by atoms with Gasteiger partial charge in [-0.2, -0.15) is 0 Å². The molecule has 32 heavy (non-hydrogen) atoms. The van der Waals surface area contributed by atoms with E-state index in [0.717, 1.165) is 54.3 Å². The predicted molar refractivity (Wildman–Crippen MR) is 121 cm³/mol. The van der Waals surface area contributed by atoms with E-state index in [1.165, 1.54) is 7.11 Å². The minimum absolute atomic E-state index is 0.391. The number of rotatable bonds is 6. The molecule has 5 rings (SSSR count). The standard InChI is InChI=1S/C24H28N4O4/c1-14(2)12-27-9-10-28-18-7-5-15(11-17(18)26-20(28)13-27)25-23-16-6-8-19(30-3)22(31-4)21(16)24(29)32-23/h5-8,11,14,23,25H,9-10,12-13H2,1-4H3/t23-/m0/s1. The summed E-state index contributed by atoms with van der Waals surface area (Å²) in [6.07, 6.45) is -0.603. The summed E-state index contributed by atoms with van der Waals surface area (Å²) in [6, 6.07) is 9.71. The van der Waals surface area contributed by atoms with E-state index in [4.69, 9.17) is 19.2 Å². The summed E-state index contributed by atoms with van der Waals surface area (Å²) in [7, 11) is 3.06. The minimum Gasteiger partial charge on any atom is -0.493 e. The van der Waals surface area contributed by atoms with Gasteiger partial charge in [0.2, 0.25) is 6.23 Å². The molecule has 1 atom stereocenters. The molecule has 0 bridgehead atoms. The van der Waals surface area contributed by atoms with Crippen LogP contribution in [-0.4, -0.2) is 47.7 Å². The van der Waals surface area contributed by atoms with Gasteiger partial charge in [-0.05, 0) is 36.2 Å². The molecule has 2 aromatic carbocycles. The maximum absolute atomic E-state index is 12.5. The van der Waals surface area contributed by atoms with E-state index in [1.807, 2.05) is 18.2 Å². The van der Waals surface area contributed by atoms with E-state index < -0.39 is 12.2 Å². The van der Waals surface area contributed by atoms with Gasteiger partial charge < -0.3 is 24.1 Å². The fourth-order valence-electron chi connectivity index (χ4n) is 4.69. The van der Waals surface area contributed by atoms with E-state index in [0.29, 0.717) is 23.0 Å². The number of cyclic esters (lactones) is 1. The number of ether oxygens (including phenoxy) is 3. The normalized spacial score (nSPS) is 17.9. The fraction of sp³-hybridized carbons (Fsp3) is 0.417. The Morgan fingerprint density at radius 1 is 1.19 bits per heavy atom. The number of esters is 1. The lowest BCUT2D eigenvalue weighted by Crippen LogP contribution is -2.36. The summed E-state index contributed by atoms with van der Waals surface area (Å²) in [5.41, 5.74) is 4.03. The Balaban J connectivity index is 1.41. The van der Waals surface area contributed by atoms with E-state index in [1.54, 1.807) is 13.2 Å². The number of anilines is 1. The molecule has 2 aliphatic heterocycles. The molecule has 3 heterocycles. The highest BCUT2D eigenvalue weighted by molar-refractivity contribution is 5.98. The minimum atomic E-state index is -0.603. The summed E-state index contributed by atoms with van der Waals surface area (Å²) in [6.45, 7) is 8.42. The van der Waals surface area contributed by atoms with Gasteiger partial charge in [0.25, 0.3) is 0 Å². The molecule has 1 N–H and O–H groups in total. The molecule has 1 aromatic heterocycles. The Hall–Kier alpha value is -3.26. The maximum atomic E-state index is 12.5. The van der Waals surface area contributed by atoms with Gasteiger partial charge in [-0.3, -0.25) is 4.90 Å². The lowest BCUT2D eigenvalue weighted by molar-refractivity contribution is 0.0435. The van der Waals surface area contributed by atoms with Crippen molar-refractivity contribution >= 4 is 22.7 Å². The molecule has 2 aliphatic rings. The molecular formula is C24H28N4O4. The van der Waals surface area contributed by atoms with Crippen LogP contribution in [-0.2, 0) is 17.8 Å². The second-order valence-corrected chi connectivity index (χ2v) is 8.71. The van der Waals surface area contributed by atoms with Gasteiger partial charge in [0, 0.05) is 30.9 Å². The Labute approximate surface area is 187 Å². The van der Waals surface area contributed by atoms with Gasteiger partial charge in [0.05, 0.1) is 31.8 Å². The van der Waals surface area contributed by atoms with Crippen LogP contribution in [0.15, 0.2) is 30.3 Å². The van der Waals surface area contributed by atoms with Gasteiger partial charge in [0.15, 0.2) is 11.5 Å². The monoisotopic (exact) mass is 436 g/mol. The maximum Gasteiger partial charge on any atom is 0.344 e. The molecule has 0 aliphatic carbocycles. The Morgan fingerprint density at radius 3 is 2.78 bits per heavy atom. The van der Waals surface area contributed by atoms with Crippen LogP contribution in [0.2, 0.25) is 0 Å². The van der Waals surface area contributed by atoms with E-state index in [9.17, 15) is 4.79 Å². The predicted octanol–water partition coefficient (Wildman–Crippen LogP) is 3.81. The molecule has 0 saturated carbocycles. The zero-order chi connectivity index (χ0) is 22.4. The van der Waals surface area contributed by atoms with Crippen molar-refractivity contribution in [1.82, 2.24) is 14.5 Å². The van der Waals surface area contributed by atoms with Gasteiger partial charge in [-0.25, -0.2) is 9.78 Å². The van der Waals surface area contributed by atoms with Crippen molar-refractivity contribution in [2.45, 2.75) is 33.2 Å². The number of nitrogens with one attached hydrogen (secondary N) is 1. The first kappa shape index (κ1) is 20.6. The SMILES string of the molecule is COc1ccc2c(c1OC)C(=O)O[C@@H]2Nc1ccc2c(c1)nc1n2CCN(CC(C)C)C1. The number of fused-ring (bicyclic) bond motifs is 4. The number of carbonyl (C=O) groups is 1. The van der Waals surface area contributed by atoms with E-state index in [-0.39, 0.29) is 0 Å². The molecule has 0 saturated heterocycles. The Kier molecular flexibility index (Phi) is 5.17. The number of carbonyl (C=O) groups excluding carboxylic acids is 1. The summed E-state index contributed by atoms with van der Waals surface area (Å²) in [4.78, 5) is 19.9. The number of hydrogen-bond acceptors (Lipinski definition) is 7. The van der Waals surface area contributed by atoms with Gasteiger partial charge in [-0.15, -0.1) is 0 Å². The first-order valence-corrected chi connectivity index (χ1v) is 10.9. The first-order valence-electron chi connectivity index (χ1n) is 10.9. The highest BCUT2D eigenvalue weighted by Gasteiger charge is 2.36. The number of nitrogens with zero attached hydrogens (tertiary/aromatic N) is 3. The average Bonchev–Trinajstić information content (AvgIpc) is 3.29. The van der Waals surface area contributed by atoms with Crippen molar-refractivity contribution in [3.63, 3.8) is 0 Å². The molecule has 0 amide bonds. The fourth-order valence-corrected chi connectivity index (χ4v) is 4.69. The molecule has 3 aromatic rings. The molecule has 0 radical (unpaired) electrons. The number of methoxy groups -OCH3 is 2. The van der Waals surface area contributed by atoms with Crippen molar-refractivity contribution in [2.24, 2.45) is 5.92 Å². The van der Waals surface area contributed by atoms with Crippen LogP contribution >= 0.6 is 0 Å². The molecular weight excluding hydrogens is 408 g/mol. The third-order valence-corrected chi connectivity index (χ3v) is 6.04. The van der Waals surface area contributed by atoms with Crippen LogP contribution in [0.3, 0.4) is 0 Å². The van der Waals surface area contributed by atoms with Crippen molar-refractivity contribution < 1.29 is 19.0 Å². The molecule has 168 valence electrons. The van der Waals surface area contributed by atoms with Gasteiger partial charge in [-0.1, -0.05) is 13.8 Å². The third kappa shape index (κ3) is 3.44. The smallest absolute Gasteiger partial charge is 0.344 e. The second kappa shape index (κ2) is 8.02. The quantitative estimate of drug-likeness (QED) is 0.589. The van der Waals surface area contributed by atoms with Crippen LogP contribution in [0.4, 0.5) is 5.69 Å². The second-order valence-electron chi connectivity index (χ2n) is 8.71. The Bertz CT molecular complexity index is 1190. The highest BCUT2D eigenvalue weighted by atomic mass is 16.6. The number of hydrogen-bond donors (Lipinski definition) is 1. The highest BCUT2D eigenvalue weighted by Crippen LogP contribution is 2.42. The van der Waals surface area contributed by atoms with Crippen LogP contribution < -0.4 is 14.8 Å². The summed E-state index contributed by atoms with van der Waals surface area (Å²) in [5, 5.41) is 3.32. The first-order chi connectivity index (χ1) is 15.5. The van der Waals surface area contributed by atoms with Crippen molar-refractivity contribution in [1.29, 1.82) is 0 Å². The average molecular weight is 437 g/mol. The summed E-state index contributed by atoms with van der Waals surface area (Å²) in [5.74, 6) is 2.19. The van der Waals surface area contributed by atoms with E-state index >= 15 is 0 Å². The van der Waals surface area contributed by atoms with Crippen molar-refractivity contribution in [3.05, 3.63) is 47.3 Å². The van der Waals surface area contributed by atoms with Gasteiger partial charge >= 0.3 is 5.97 Å². The number of benzene rings is 2. The van der Waals surface area contributed by atoms with Crippen molar-refractivity contribution in [3.8, 4) is 11.5 Å². The molecule has 8 nitrogen and oxygen atoms in total. The van der Waals surface area contributed by atoms with Crippen LogP contribution in [0.25, 0.3) is 11.0 Å². The van der Waals surface area contributed by atoms with E-state index in [2.05, 4.69) is 34.7 Å². The zero-order valence-electron chi connectivity index (χ0n) is 18.8. The lowest BCUT2D eigenvalue weighted by atomic mass is 10.1. The topological polar surface area (TPSA) is 77.9 Å². The molecule has 0 unspecified atom stereocenters. The number of aromatic nitrogens is 2. The number of imidazole rings is 1. The largest absolute Gasteiger partial charge is 0.493 e. The van der Waals surface area contributed by atoms with Gasteiger partial charge in [0.1, 0.15) is 11.4 Å². The van der Waals surface area contributed by atoms with Crippen LogP contribution in [0.1, 0.15) is 41.8 Å². The van der Waals surface area contributed by atoms with Crippen LogP contribution in [0.5, 0.6) is 11.5 Å². The summed E-state index contributed by atoms with van der Waals surface area (Å²) < 4.78 is 18.6. The Morgan fingerprint density at radius 2 is 2.03 bits per heavy atom. The third-order valence-electron chi connectivity index (χ3n) is 6.04. The molecule has 0 spiro atoms. The molecule has 0 fully saturated rings.